The van der Waals surface area contributed by atoms with Crippen LogP contribution < -0.4 is 10.2 Å². The van der Waals surface area contributed by atoms with Crippen LogP contribution in [0.1, 0.15) is 26.7 Å². The highest BCUT2D eigenvalue weighted by Gasteiger charge is 2.40. The molecular weight excluding hydrogens is 344 g/mol. The molecule has 0 saturated carbocycles. The van der Waals surface area contributed by atoms with Crippen LogP contribution in [0.4, 0.5) is 5.69 Å². The fourth-order valence-electron chi connectivity index (χ4n) is 2.37. The number of carbonyl (C=O) groups is 2. The Morgan fingerprint density at radius 3 is 2.60 bits per heavy atom. The molecule has 108 valence electrons. The summed E-state index contributed by atoms with van der Waals surface area (Å²) in [5.74, 6) is -0.215. The van der Waals surface area contributed by atoms with Crippen molar-refractivity contribution in [2.75, 3.05) is 4.90 Å². The van der Waals surface area contributed by atoms with Gasteiger partial charge in [0.25, 0.3) is 0 Å². The van der Waals surface area contributed by atoms with Gasteiger partial charge in [0.05, 0.1) is 5.69 Å². The van der Waals surface area contributed by atoms with Gasteiger partial charge >= 0.3 is 0 Å². The maximum atomic E-state index is 12.6. The summed E-state index contributed by atoms with van der Waals surface area (Å²) in [5.41, 5.74) is 0.641. The zero-order chi connectivity index (χ0) is 14.9. The molecule has 2 amide bonds. The van der Waals surface area contributed by atoms with Gasteiger partial charge in [-0.05, 0) is 47.0 Å². The maximum absolute atomic E-state index is 12.6. The lowest BCUT2D eigenvalue weighted by Crippen LogP contribution is -2.63. The zero-order valence-electron chi connectivity index (χ0n) is 11.3. The minimum Gasteiger partial charge on any atom is -0.342 e. The Kier molecular flexibility index (Phi) is 4.70. The van der Waals surface area contributed by atoms with Crippen molar-refractivity contribution in [2.24, 2.45) is 0 Å². The van der Waals surface area contributed by atoms with Crippen LogP contribution in [0.25, 0.3) is 0 Å². The minimum atomic E-state index is -0.500. The summed E-state index contributed by atoms with van der Waals surface area (Å²) in [6, 6.07) is 4.25. The van der Waals surface area contributed by atoms with Gasteiger partial charge in [-0.25, -0.2) is 0 Å². The van der Waals surface area contributed by atoms with E-state index in [0.29, 0.717) is 23.6 Å². The van der Waals surface area contributed by atoms with Crippen LogP contribution in [-0.4, -0.2) is 23.9 Å². The molecule has 1 aromatic carbocycles. The number of carbonyl (C=O) groups excluding carboxylic acids is 2. The lowest BCUT2D eigenvalue weighted by molar-refractivity contribution is -0.134. The van der Waals surface area contributed by atoms with Crippen molar-refractivity contribution in [1.29, 1.82) is 0 Å². The van der Waals surface area contributed by atoms with Crippen LogP contribution in [0, 0.1) is 0 Å². The van der Waals surface area contributed by atoms with Crippen molar-refractivity contribution in [2.45, 2.75) is 38.8 Å². The van der Waals surface area contributed by atoms with Crippen LogP contribution in [0.15, 0.2) is 22.7 Å². The number of halogens is 2. The first kappa shape index (κ1) is 15.3. The Hall–Kier alpha value is -1.07. The number of benzene rings is 1. The van der Waals surface area contributed by atoms with E-state index in [1.807, 2.05) is 13.8 Å². The first-order valence-corrected chi connectivity index (χ1v) is 7.75. The molecule has 20 heavy (non-hydrogen) atoms. The number of piperazine rings is 1. The zero-order valence-corrected chi connectivity index (χ0v) is 13.7. The van der Waals surface area contributed by atoms with Crippen molar-refractivity contribution >= 4 is 45.0 Å². The molecule has 0 radical (unpaired) electrons. The van der Waals surface area contributed by atoms with Crippen molar-refractivity contribution in [1.82, 2.24) is 5.32 Å². The fraction of sp³-hybridized carbons (Fsp3) is 0.429. The summed E-state index contributed by atoms with van der Waals surface area (Å²) < 4.78 is 0.748. The molecule has 1 N–H and O–H groups in total. The van der Waals surface area contributed by atoms with E-state index in [9.17, 15) is 9.59 Å². The normalized spacial score (nSPS) is 22.9. The molecule has 2 unspecified atom stereocenters. The summed E-state index contributed by atoms with van der Waals surface area (Å²) in [5, 5.41) is 3.30. The predicted molar refractivity (Wildman–Crippen MR) is 82.9 cm³/mol. The SMILES string of the molecule is CCC1NC(=O)C(CC)N(c2cc(Cl)ccc2Br)C1=O. The molecule has 4 nitrogen and oxygen atoms in total. The lowest BCUT2D eigenvalue weighted by atomic mass is 10.0. The van der Waals surface area contributed by atoms with E-state index >= 15 is 0 Å². The average Bonchev–Trinajstić information content (AvgIpc) is 2.43. The van der Waals surface area contributed by atoms with Crippen LogP contribution in [0.5, 0.6) is 0 Å². The highest BCUT2D eigenvalue weighted by atomic mass is 79.9. The van der Waals surface area contributed by atoms with Gasteiger partial charge in [-0.1, -0.05) is 25.4 Å². The number of nitrogens with one attached hydrogen (secondary N) is 1. The molecule has 0 spiro atoms. The third-order valence-electron chi connectivity index (χ3n) is 3.43. The van der Waals surface area contributed by atoms with E-state index < -0.39 is 12.1 Å². The number of nitrogens with zero attached hydrogens (tertiary/aromatic N) is 1. The molecule has 6 heteroatoms. The van der Waals surface area contributed by atoms with Crippen molar-refractivity contribution in [3.05, 3.63) is 27.7 Å². The van der Waals surface area contributed by atoms with Crippen LogP contribution in [-0.2, 0) is 9.59 Å². The van der Waals surface area contributed by atoms with Gasteiger partial charge in [-0.3, -0.25) is 14.5 Å². The molecule has 2 atom stereocenters. The Bertz CT molecular complexity index is 550. The number of hydrogen-bond acceptors (Lipinski definition) is 2. The molecule has 0 bridgehead atoms. The predicted octanol–water partition coefficient (Wildman–Crippen LogP) is 3.12. The maximum Gasteiger partial charge on any atom is 0.250 e. The van der Waals surface area contributed by atoms with Crippen molar-refractivity contribution in [3.63, 3.8) is 0 Å². The summed E-state index contributed by atoms with van der Waals surface area (Å²) in [7, 11) is 0. The summed E-state index contributed by atoms with van der Waals surface area (Å²) in [6.45, 7) is 3.76. The molecule has 1 aliphatic heterocycles. The van der Waals surface area contributed by atoms with Gasteiger partial charge in [0.15, 0.2) is 0 Å². The number of anilines is 1. The largest absolute Gasteiger partial charge is 0.342 e. The summed E-state index contributed by atoms with van der Waals surface area (Å²) >= 11 is 9.45. The molecule has 1 aliphatic rings. The van der Waals surface area contributed by atoms with E-state index in [-0.39, 0.29) is 11.8 Å². The first-order valence-electron chi connectivity index (χ1n) is 6.58. The average molecular weight is 360 g/mol. The fourth-order valence-corrected chi connectivity index (χ4v) is 2.97. The Morgan fingerprint density at radius 2 is 2.00 bits per heavy atom. The Balaban J connectivity index is 2.50. The third kappa shape index (κ3) is 2.69. The van der Waals surface area contributed by atoms with Gasteiger partial charge in [-0.2, -0.15) is 0 Å². The number of hydrogen-bond donors (Lipinski definition) is 1. The standard InChI is InChI=1S/C14H16BrClN2O2/c1-3-10-14(20)18(11(4-2)13(19)17-10)12-7-8(16)5-6-9(12)15/h5-7,10-11H,3-4H2,1-2H3,(H,17,19). The van der Waals surface area contributed by atoms with Gasteiger partial charge in [-0.15, -0.1) is 0 Å². The second kappa shape index (κ2) is 6.14. The van der Waals surface area contributed by atoms with Gasteiger partial charge in [0.2, 0.25) is 11.8 Å². The molecule has 0 aromatic heterocycles. The number of rotatable bonds is 3. The monoisotopic (exact) mass is 358 g/mol. The molecule has 2 rings (SSSR count). The molecule has 0 aliphatic carbocycles. The van der Waals surface area contributed by atoms with Gasteiger partial charge in [0, 0.05) is 9.50 Å². The Labute approximate surface area is 131 Å². The lowest BCUT2D eigenvalue weighted by Gasteiger charge is -2.38. The van der Waals surface area contributed by atoms with Crippen LogP contribution >= 0.6 is 27.5 Å². The van der Waals surface area contributed by atoms with Crippen LogP contribution in [0.3, 0.4) is 0 Å². The van der Waals surface area contributed by atoms with E-state index in [1.165, 1.54) is 0 Å². The van der Waals surface area contributed by atoms with Crippen LogP contribution in [0.2, 0.25) is 5.02 Å². The topological polar surface area (TPSA) is 49.4 Å². The van der Waals surface area contributed by atoms with Gasteiger partial charge < -0.3 is 5.32 Å². The molecule has 1 heterocycles. The van der Waals surface area contributed by atoms with Crippen molar-refractivity contribution < 1.29 is 9.59 Å². The first-order chi connectivity index (χ1) is 9.49. The molecule has 1 aromatic rings. The number of amides is 2. The minimum absolute atomic E-state index is 0.0954. The molecule has 1 fully saturated rings. The third-order valence-corrected chi connectivity index (χ3v) is 4.33. The second-order valence-electron chi connectivity index (χ2n) is 4.70. The van der Waals surface area contributed by atoms with E-state index in [2.05, 4.69) is 21.2 Å². The molecule has 1 saturated heterocycles. The van der Waals surface area contributed by atoms with Crippen molar-refractivity contribution in [3.8, 4) is 0 Å². The van der Waals surface area contributed by atoms with E-state index in [1.54, 1.807) is 23.1 Å². The summed E-state index contributed by atoms with van der Waals surface area (Å²) in [6.07, 6.45) is 1.11. The van der Waals surface area contributed by atoms with E-state index in [4.69, 9.17) is 11.6 Å². The molecular formula is C14H16BrClN2O2. The van der Waals surface area contributed by atoms with E-state index in [0.717, 1.165) is 4.47 Å². The quantitative estimate of drug-likeness (QED) is 0.901. The highest BCUT2D eigenvalue weighted by Crippen LogP contribution is 2.33. The smallest absolute Gasteiger partial charge is 0.250 e. The highest BCUT2D eigenvalue weighted by molar-refractivity contribution is 9.10. The second-order valence-corrected chi connectivity index (χ2v) is 5.99. The van der Waals surface area contributed by atoms with Gasteiger partial charge in [0.1, 0.15) is 12.1 Å². The Morgan fingerprint density at radius 1 is 1.30 bits per heavy atom. The summed E-state index contributed by atoms with van der Waals surface area (Å²) in [4.78, 5) is 26.3.